The van der Waals surface area contributed by atoms with E-state index in [4.69, 9.17) is 5.11 Å². The van der Waals surface area contributed by atoms with Gasteiger partial charge in [0.15, 0.2) is 0 Å². The van der Waals surface area contributed by atoms with E-state index < -0.39 is 11.8 Å². The lowest BCUT2D eigenvalue weighted by molar-refractivity contribution is -0.136. The predicted octanol–water partition coefficient (Wildman–Crippen LogP) is 1.86. The molecule has 0 saturated carbocycles. The van der Waals surface area contributed by atoms with Crippen LogP contribution in [0.1, 0.15) is 6.92 Å². The maximum atomic E-state index is 11.9. The van der Waals surface area contributed by atoms with Crippen molar-refractivity contribution in [2.75, 3.05) is 18.5 Å². The van der Waals surface area contributed by atoms with Crippen LogP contribution in [0.3, 0.4) is 0 Å². The Morgan fingerprint density at radius 1 is 1.04 bits per heavy atom. The van der Waals surface area contributed by atoms with Gasteiger partial charge >= 0.3 is 11.8 Å². The number of carbonyl (C=O) groups is 2. The van der Waals surface area contributed by atoms with Crippen LogP contribution in [-0.4, -0.2) is 34.6 Å². The van der Waals surface area contributed by atoms with E-state index in [0.29, 0.717) is 5.69 Å². The van der Waals surface area contributed by atoms with Crippen LogP contribution >= 0.6 is 0 Å². The SMILES string of the molecule is CCn1c2ccccc2c2cc(NC(=O)C(=O)NCCO)ccc21. The van der Waals surface area contributed by atoms with Gasteiger partial charge in [-0.25, -0.2) is 0 Å². The molecule has 24 heavy (non-hydrogen) atoms. The van der Waals surface area contributed by atoms with E-state index in [0.717, 1.165) is 28.4 Å². The molecule has 0 radical (unpaired) electrons. The summed E-state index contributed by atoms with van der Waals surface area (Å²) in [6, 6.07) is 13.7. The van der Waals surface area contributed by atoms with E-state index in [1.54, 1.807) is 6.07 Å². The van der Waals surface area contributed by atoms with Gasteiger partial charge in [-0.3, -0.25) is 9.59 Å². The number of rotatable bonds is 4. The van der Waals surface area contributed by atoms with Crippen LogP contribution in [0.2, 0.25) is 0 Å². The van der Waals surface area contributed by atoms with Crippen molar-refractivity contribution in [3.8, 4) is 0 Å². The molecule has 1 heterocycles. The van der Waals surface area contributed by atoms with E-state index in [-0.39, 0.29) is 13.2 Å². The van der Waals surface area contributed by atoms with Gasteiger partial charge in [-0.1, -0.05) is 18.2 Å². The number of aliphatic hydroxyl groups is 1. The Labute approximate surface area is 139 Å². The normalized spacial score (nSPS) is 10.9. The third kappa shape index (κ3) is 2.83. The van der Waals surface area contributed by atoms with Crippen molar-refractivity contribution < 1.29 is 14.7 Å². The minimum Gasteiger partial charge on any atom is -0.395 e. The molecule has 2 amide bonds. The van der Waals surface area contributed by atoms with Gasteiger partial charge in [0.1, 0.15) is 0 Å². The van der Waals surface area contributed by atoms with Crippen LogP contribution in [0, 0.1) is 0 Å². The molecule has 3 rings (SSSR count). The number of aromatic nitrogens is 1. The molecule has 0 unspecified atom stereocenters. The maximum absolute atomic E-state index is 11.9. The second kappa shape index (κ2) is 6.72. The molecule has 0 aliphatic heterocycles. The van der Waals surface area contributed by atoms with Gasteiger partial charge in [-0.15, -0.1) is 0 Å². The highest BCUT2D eigenvalue weighted by atomic mass is 16.3. The average Bonchev–Trinajstić information content (AvgIpc) is 2.92. The number of fused-ring (bicyclic) bond motifs is 3. The van der Waals surface area contributed by atoms with Gasteiger partial charge in [0.2, 0.25) is 0 Å². The Bertz CT molecular complexity index is 914. The van der Waals surface area contributed by atoms with E-state index in [2.05, 4.69) is 28.2 Å². The van der Waals surface area contributed by atoms with Gasteiger partial charge in [0.05, 0.1) is 6.61 Å². The number of nitrogens with zero attached hydrogens (tertiary/aromatic N) is 1. The van der Waals surface area contributed by atoms with Crippen LogP contribution in [-0.2, 0) is 16.1 Å². The summed E-state index contributed by atoms with van der Waals surface area (Å²) in [5.74, 6) is -1.51. The lowest BCUT2D eigenvalue weighted by Gasteiger charge is -2.07. The van der Waals surface area contributed by atoms with Crippen molar-refractivity contribution in [1.29, 1.82) is 0 Å². The standard InChI is InChI=1S/C18H19N3O3/c1-2-21-15-6-4-3-5-13(15)14-11-12(7-8-16(14)21)20-18(24)17(23)19-9-10-22/h3-8,11,22H,2,9-10H2,1H3,(H,19,23)(H,20,24). The number of amides is 2. The van der Waals surface area contributed by atoms with Crippen LogP contribution in [0.25, 0.3) is 21.8 Å². The molecule has 0 saturated heterocycles. The van der Waals surface area contributed by atoms with Gasteiger partial charge < -0.3 is 20.3 Å². The first-order valence-electron chi connectivity index (χ1n) is 7.86. The first-order valence-corrected chi connectivity index (χ1v) is 7.86. The molecular formula is C18H19N3O3. The summed E-state index contributed by atoms with van der Waals surface area (Å²) in [5, 5.41) is 15.7. The minimum absolute atomic E-state index is 0.0509. The van der Waals surface area contributed by atoms with Crippen molar-refractivity contribution in [3.05, 3.63) is 42.5 Å². The summed E-state index contributed by atoms with van der Waals surface area (Å²) in [7, 11) is 0. The molecule has 0 aliphatic carbocycles. The molecule has 0 fully saturated rings. The van der Waals surface area contributed by atoms with Crippen LogP contribution in [0.15, 0.2) is 42.5 Å². The van der Waals surface area contributed by atoms with Gasteiger partial charge in [0.25, 0.3) is 0 Å². The molecular weight excluding hydrogens is 306 g/mol. The number of para-hydroxylation sites is 1. The summed E-state index contributed by atoms with van der Waals surface area (Å²) in [6.45, 7) is 2.78. The third-order valence-electron chi connectivity index (χ3n) is 3.95. The second-order valence-corrected chi connectivity index (χ2v) is 5.43. The van der Waals surface area contributed by atoms with Crippen molar-refractivity contribution in [2.24, 2.45) is 0 Å². The lowest BCUT2D eigenvalue weighted by atomic mass is 10.1. The van der Waals surface area contributed by atoms with Crippen LogP contribution in [0.4, 0.5) is 5.69 Å². The van der Waals surface area contributed by atoms with E-state index >= 15 is 0 Å². The Balaban J connectivity index is 1.95. The zero-order valence-corrected chi connectivity index (χ0v) is 13.4. The molecule has 3 aromatic rings. The van der Waals surface area contributed by atoms with E-state index in [9.17, 15) is 9.59 Å². The number of benzene rings is 2. The highest BCUT2D eigenvalue weighted by Gasteiger charge is 2.14. The monoisotopic (exact) mass is 325 g/mol. The zero-order chi connectivity index (χ0) is 17.1. The molecule has 2 aromatic carbocycles. The molecule has 3 N–H and O–H groups in total. The van der Waals surface area contributed by atoms with Crippen molar-refractivity contribution in [3.63, 3.8) is 0 Å². The summed E-state index contributed by atoms with van der Waals surface area (Å²) in [5.41, 5.74) is 2.78. The topological polar surface area (TPSA) is 83.4 Å². The molecule has 0 atom stereocenters. The summed E-state index contributed by atoms with van der Waals surface area (Å²) in [4.78, 5) is 23.5. The number of hydrogen-bond donors (Lipinski definition) is 3. The van der Waals surface area contributed by atoms with E-state index in [1.807, 2.05) is 30.3 Å². The summed E-state index contributed by atoms with van der Waals surface area (Å²) in [6.07, 6.45) is 0. The van der Waals surface area contributed by atoms with Gasteiger partial charge in [-0.05, 0) is 31.2 Å². The predicted molar refractivity (Wildman–Crippen MR) is 93.8 cm³/mol. The quantitative estimate of drug-likeness (QED) is 0.640. The molecule has 124 valence electrons. The Hall–Kier alpha value is -2.86. The molecule has 0 bridgehead atoms. The fourth-order valence-corrected chi connectivity index (χ4v) is 2.91. The highest BCUT2D eigenvalue weighted by Crippen LogP contribution is 2.30. The first-order chi connectivity index (χ1) is 11.7. The molecule has 0 aliphatic rings. The smallest absolute Gasteiger partial charge is 0.313 e. The largest absolute Gasteiger partial charge is 0.395 e. The number of aryl methyl sites for hydroxylation is 1. The van der Waals surface area contributed by atoms with Crippen LogP contribution in [0.5, 0.6) is 0 Å². The number of anilines is 1. The number of aliphatic hydroxyl groups excluding tert-OH is 1. The van der Waals surface area contributed by atoms with Crippen molar-refractivity contribution in [2.45, 2.75) is 13.5 Å². The average molecular weight is 325 g/mol. The lowest BCUT2D eigenvalue weighted by Crippen LogP contribution is -2.36. The summed E-state index contributed by atoms with van der Waals surface area (Å²) < 4.78 is 2.21. The molecule has 6 heteroatoms. The Morgan fingerprint density at radius 2 is 1.79 bits per heavy atom. The van der Waals surface area contributed by atoms with Crippen molar-refractivity contribution >= 4 is 39.3 Å². The highest BCUT2D eigenvalue weighted by molar-refractivity contribution is 6.39. The number of carbonyl (C=O) groups excluding carboxylic acids is 2. The van der Waals surface area contributed by atoms with Gasteiger partial charge in [0, 0.05) is 40.6 Å². The zero-order valence-electron chi connectivity index (χ0n) is 13.4. The summed E-state index contributed by atoms with van der Waals surface area (Å²) >= 11 is 0. The Morgan fingerprint density at radius 3 is 2.54 bits per heavy atom. The molecule has 6 nitrogen and oxygen atoms in total. The molecule has 1 aromatic heterocycles. The fourth-order valence-electron chi connectivity index (χ4n) is 2.91. The first kappa shape index (κ1) is 16.0. The Kier molecular flexibility index (Phi) is 4.48. The van der Waals surface area contributed by atoms with Crippen LogP contribution < -0.4 is 10.6 Å². The van der Waals surface area contributed by atoms with E-state index in [1.165, 1.54) is 0 Å². The number of hydrogen-bond acceptors (Lipinski definition) is 3. The van der Waals surface area contributed by atoms with Crippen molar-refractivity contribution in [1.82, 2.24) is 9.88 Å². The fraction of sp³-hybridized carbons (Fsp3) is 0.222. The van der Waals surface area contributed by atoms with Gasteiger partial charge in [-0.2, -0.15) is 0 Å². The minimum atomic E-state index is -0.764. The maximum Gasteiger partial charge on any atom is 0.313 e. The molecule has 0 spiro atoms. The second-order valence-electron chi connectivity index (χ2n) is 5.43. The third-order valence-corrected chi connectivity index (χ3v) is 3.95. The number of nitrogens with one attached hydrogen (secondary N) is 2.